The Kier molecular flexibility index (Phi) is 2.62. The van der Waals surface area contributed by atoms with Crippen molar-refractivity contribution in [1.29, 1.82) is 0 Å². The number of nitrogens with zero attached hydrogens (tertiary/aromatic N) is 3. The largest absolute Gasteiger partial charge is 0.311 e. The third-order valence-corrected chi connectivity index (χ3v) is 3.50. The first-order valence-corrected chi connectivity index (χ1v) is 5.70. The van der Waals surface area contributed by atoms with Crippen molar-refractivity contribution < 1.29 is 0 Å². The fraction of sp³-hybridized carbons (Fsp3) is 0.778. The molecule has 1 aliphatic rings. The van der Waals surface area contributed by atoms with Crippen LogP contribution in [0.1, 0.15) is 31.9 Å². The highest BCUT2D eigenvalue weighted by atomic mass is 79.9. The number of hydrogen-bond acceptors (Lipinski definition) is 3. The summed E-state index contributed by atoms with van der Waals surface area (Å²) >= 11 is 3.45. The van der Waals surface area contributed by atoms with Crippen molar-refractivity contribution >= 4 is 15.9 Å². The first-order chi connectivity index (χ1) is 6.59. The minimum atomic E-state index is 0.499. The van der Waals surface area contributed by atoms with Crippen molar-refractivity contribution in [3.8, 4) is 0 Å². The number of rotatable bonds is 1. The van der Waals surface area contributed by atoms with Crippen molar-refractivity contribution in [2.45, 2.75) is 38.3 Å². The number of aryl methyl sites for hydroxylation is 1. The average molecular weight is 259 g/mol. The summed E-state index contributed by atoms with van der Waals surface area (Å²) in [6.07, 6.45) is 1.15. The van der Waals surface area contributed by atoms with E-state index >= 15 is 0 Å². The molecule has 0 saturated carbocycles. The molecule has 3 atom stereocenters. The molecule has 2 heterocycles. The van der Waals surface area contributed by atoms with Gasteiger partial charge in [0.15, 0.2) is 4.60 Å². The van der Waals surface area contributed by atoms with Crippen molar-refractivity contribution in [1.82, 2.24) is 20.3 Å². The average Bonchev–Trinajstić information content (AvgIpc) is 2.57. The van der Waals surface area contributed by atoms with Crippen LogP contribution in [-0.4, -0.2) is 27.1 Å². The second-order valence-corrected chi connectivity index (χ2v) is 4.84. The molecule has 2 rings (SSSR count). The molecule has 0 amide bonds. The predicted molar refractivity (Wildman–Crippen MR) is 58.1 cm³/mol. The molecule has 1 N–H and O–H groups in total. The second-order valence-electron chi connectivity index (χ2n) is 4.09. The van der Waals surface area contributed by atoms with Crippen LogP contribution in [0.5, 0.6) is 0 Å². The zero-order valence-corrected chi connectivity index (χ0v) is 10.2. The van der Waals surface area contributed by atoms with E-state index in [1.54, 1.807) is 0 Å². The quantitative estimate of drug-likeness (QED) is 0.829. The van der Waals surface area contributed by atoms with Crippen LogP contribution < -0.4 is 5.32 Å². The Morgan fingerprint density at radius 1 is 1.50 bits per heavy atom. The Hall–Kier alpha value is -0.420. The molecule has 3 unspecified atom stereocenters. The highest BCUT2D eigenvalue weighted by Crippen LogP contribution is 2.33. The van der Waals surface area contributed by atoms with E-state index in [1.165, 1.54) is 5.69 Å². The van der Waals surface area contributed by atoms with Crippen LogP contribution in [0.4, 0.5) is 0 Å². The number of nitrogens with one attached hydrogen (secondary N) is 1. The molecule has 1 fully saturated rings. The van der Waals surface area contributed by atoms with Crippen LogP contribution in [0.3, 0.4) is 0 Å². The first-order valence-electron chi connectivity index (χ1n) is 4.90. The molecule has 1 aromatic heterocycles. The molecule has 1 aromatic rings. The number of hydrogen-bond donors (Lipinski definition) is 1. The minimum absolute atomic E-state index is 0.499. The number of aromatic nitrogens is 3. The lowest BCUT2D eigenvalue weighted by Gasteiger charge is -2.14. The smallest absolute Gasteiger partial charge is 0.151 e. The van der Waals surface area contributed by atoms with Gasteiger partial charge in [0.1, 0.15) is 0 Å². The van der Waals surface area contributed by atoms with E-state index in [0.29, 0.717) is 18.0 Å². The van der Waals surface area contributed by atoms with Gasteiger partial charge in [-0.1, -0.05) is 5.21 Å². The van der Waals surface area contributed by atoms with E-state index in [2.05, 4.69) is 45.4 Å². The van der Waals surface area contributed by atoms with Gasteiger partial charge in [0.05, 0.1) is 5.69 Å². The zero-order chi connectivity index (χ0) is 10.3. The maximum absolute atomic E-state index is 4.02. The zero-order valence-electron chi connectivity index (χ0n) is 8.66. The Balaban J connectivity index is 2.31. The van der Waals surface area contributed by atoms with Gasteiger partial charge in [0.2, 0.25) is 0 Å². The van der Waals surface area contributed by atoms with E-state index in [-0.39, 0.29) is 0 Å². The molecule has 0 aromatic carbocycles. The van der Waals surface area contributed by atoms with Crippen molar-refractivity contribution in [3.63, 3.8) is 0 Å². The third-order valence-electron chi connectivity index (χ3n) is 2.94. The Bertz CT molecular complexity index is 316. The molecule has 78 valence electrons. The van der Waals surface area contributed by atoms with Crippen molar-refractivity contribution in [3.05, 3.63) is 10.3 Å². The van der Waals surface area contributed by atoms with Gasteiger partial charge in [-0.3, -0.25) is 4.68 Å². The predicted octanol–water partition coefficient (Wildman–Crippen LogP) is 1.43. The van der Waals surface area contributed by atoms with E-state index in [4.69, 9.17) is 0 Å². The summed E-state index contributed by atoms with van der Waals surface area (Å²) in [4.78, 5) is 0. The molecular formula is C9H15BrN4. The van der Waals surface area contributed by atoms with Crippen LogP contribution >= 0.6 is 15.9 Å². The van der Waals surface area contributed by atoms with E-state index < -0.39 is 0 Å². The van der Waals surface area contributed by atoms with Crippen molar-refractivity contribution in [2.75, 3.05) is 0 Å². The van der Waals surface area contributed by atoms with Crippen LogP contribution in [0.15, 0.2) is 4.60 Å². The molecule has 4 nitrogen and oxygen atoms in total. The van der Waals surface area contributed by atoms with Crippen LogP contribution in [0.25, 0.3) is 0 Å². The van der Waals surface area contributed by atoms with E-state index in [1.807, 2.05) is 11.7 Å². The molecule has 14 heavy (non-hydrogen) atoms. The lowest BCUT2D eigenvalue weighted by atomic mass is 9.97. The van der Waals surface area contributed by atoms with Crippen LogP contribution in [0, 0.1) is 0 Å². The Morgan fingerprint density at radius 3 is 2.64 bits per heavy atom. The van der Waals surface area contributed by atoms with E-state index in [0.717, 1.165) is 11.0 Å². The highest BCUT2D eigenvalue weighted by Gasteiger charge is 2.33. The fourth-order valence-electron chi connectivity index (χ4n) is 2.30. The Labute approximate surface area is 92.2 Å². The topological polar surface area (TPSA) is 42.7 Å². The van der Waals surface area contributed by atoms with Gasteiger partial charge in [-0.05, 0) is 36.2 Å². The van der Waals surface area contributed by atoms with Crippen molar-refractivity contribution in [2.24, 2.45) is 7.05 Å². The summed E-state index contributed by atoms with van der Waals surface area (Å²) in [5, 5.41) is 11.6. The first kappa shape index (κ1) is 10.1. The summed E-state index contributed by atoms with van der Waals surface area (Å²) in [7, 11) is 1.95. The second kappa shape index (κ2) is 3.62. The molecule has 0 radical (unpaired) electrons. The molecule has 0 bridgehead atoms. The van der Waals surface area contributed by atoms with Gasteiger partial charge in [-0.25, -0.2) is 0 Å². The molecule has 0 spiro atoms. The summed E-state index contributed by atoms with van der Waals surface area (Å²) in [5.41, 5.74) is 1.20. The van der Waals surface area contributed by atoms with Crippen LogP contribution in [-0.2, 0) is 7.05 Å². The van der Waals surface area contributed by atoms with Gasteiger partial charge in [0.25, 0.3) is 0 Å². The van der Waals surface area contributed by atoms with Gasteiger partial charge in [-0.2, -0.15) is 0 Å². The fourth-order valence-corrected chi connectivity index (χ4v) is 2.92. The third kappa shape index (κ3) is 1.59. The normalized spacial score (nSPS) is 32.4. The highest BCUT2D eigenvalue weighted by molar-refractivity contribution is 9.10. The van der Waals surface area contributed by atoms with Gasteiger partial charge < -0.3 is 5.32 Å². The molecule has 0 aliphatic carbocycles. The lowest BCUT2D eigenvalue weighted by molar-refractivity contribution is 0.542. The minimum Gasteiger partial charge on any atom is -0.311 e. The van der Waals surface area contributed by atoms with Gasteiger partial charge in [-0.15, -0.1) is 5.10 Å². The summed E-state index contributed by atoms with van der Waals surface area (Å²) in [6.45, 7) is 4.43. The lowest BCUT2D eigenvalue weighted by Crippen LogP contribution is -2.26. The molecular weight excluding hydrogens is 244 g/mol. The maximum atomic E-state index is 4.02. The SMILES string of the molecule is CC1CC(c2c(Br)nnn2C)C(C)N1. The molecule has 5 heteroatoms. The van der Waals surface area contributed by atoms with Gasteiger partial charge in [0, 0.05) is 25.0 Å². The van der Waals surface area contributed by atoms with Gasteiger partial charge >= 0.3 is 0 Å². The molecule has 1 saturated heterocycles. The standard InChI is InChI=1S/C9H15BrN4/c1-5-4-7(6(2)11-5)8-9(10)12-13-14(8)3/h5-7,11H,4H2,1-3H3. The monoisotopic (exact) mass is 258 g/mol. The molecule has 1 aliphatic heterocycles. The number of halogens is 1. The Morgan fingerprint density at radius 2 is 2.21 bits per heavy atom. The summed E-state index contributed by atoms with van der Waals surface area (Å²) in [6, 6.07) is 1.08. The van der Waals surface area contributed by atoms with E-state index in [9.17, 15) is 0 Å². The summed E-state index contributed by atoms with van der Waals surface area (Å²) < 4.78 is 2.75. The summed E-state index contributed by atoms with van der Waals surface area (Å²) in [5.74, 6) is 0.513. The maximum Gasteiger partial charge on any atom is 0.151 e. The van der Waals surface area contributed by atoms with Crippen LogP contribution in [0.2, 0.25) is 0 Å².